The van der Waals surface area contributed by atoms with E-state index in [0.29, 0.717) is 17.4 Å². The number of fused-ring (bicyclic) bond motifs is 1. The number of H-pyrrole nitrogens is 1. The molecule has 2 aromatic carbocycles. The largest absolute Gasteiger partial charge is 0.504 e. The van der Waals surface area contributed by atoms with E-state index in [1.54, 1.807) is 24.3 Å². The second-order valence-electron chi connectivity index (χ2n) is 4.84. The van der Waals surface area contributed by atoms with Crippen molar-refractivity contribution >= 4 is 17.4 Å². The van der Waals surface area contributed by atoms with Gasteiger partial charge in [-0.2, -0.15) is 10.6 Å². The van der Waals surface area contributed by atoms with Crippen LogP contribution in [0, 0.1) is 13.8 Å². The fourth-order valence-corrected chi connectivity index (χ4v) is 1.86. The number of phenolic OH excluding ortho intramolecular Hbond substituents is 1. The molecule has 7 nitrogen and oxygen atoms in total. The van der Waals surface area contributed by atoms with Gasteiger partial charge in [-0.3, -0.25) is 9.59 Å². The Bertz CT molecular complexity index is 866. The molecule has 0 atom stereocenters. The van der Waals surface area contributed by atoms with Gasteiger partial charge in [0.25, 0.3) is 5.56 Å². The van der Waals surface area contributed by atoms with Gasteiger partial charge in [0.1, 0.15) is 0 Å². The molecule has 1 amide bonds. The number of aryl methyl sites for hydroxylation is 2. The van der Waals surface area contributed by atoms with Crippen LogP contribution in [0.15, 0.2) is 45.7 Å². The summed E-state index contributed by atoms with van der Waals surface area (Å²) < 4.78 is 4.89. The minimum absolute atomic E-state index is 0.00403. The van der Waals surface area contributed by atoms with Crippen molar-refractivity contribution in [3.63, 3.8) is 0 Å². The molecular weight excluding hydrogens is 300 g/mol. The highest BCUT2D eigenvalue weighted by Gasteiger charge is 2.01. The Morgan fingerprint density at radius 1 is 1.17 bits per heavy atom. The number of aromatic amines is 1. The Hall–Kier alpha value is -3.22. The zero-order valence-corrected chi connectivity index (χ0v) is 12.6. The second-order valence-corrected chi connectivity index (χ2v) is 4.84. The molecule has 0 unspecified atom stereocenters. The predicted octanol–water partition coefficient (Wildman–Crippen LogP) is 2.17. The molecule has 3 rings (SSSR count). The van der Waals surface area contributed by atoms with E-state index in [0.717, 1.165) is 11.1 Å². The molecule has 0 saturated heterocycles. The normalized spacial score (nSPS) is 9.83. The first kappa shape index (κ1) is 16.2. The van der Waals surface area contributed by atoms with Crippen LogP contribution >= 0.6 is 0 Å². The van der Waals surface area contributed by atoms with Crippen molar-refractivity contribution in [2.75, 3.05) is 0 Å². The maximum Gasteiger partial charge on any atom is 0.287 e. The third-order valence-electron chi connectivity index (χ3n) is 2.97. The van der Waals surface area contributed by atoms with Crippen molar-refractivity contribution in [3.8, 4) is 11.5 Å². The number of aromatic nitrogens is 1. The summed E-state index contributed by atoms with van der Waals surface area (Å²) in [7, 11) is 0. The molecule has 0 fully saturated rings. The molecule has 23 heavy (non-hydrogen) atoms. The summed E-state index contributed by atoms with van der Waals surface area (Å²) in [4.78, 5) is 25.5. The van der Waals surface area contributed by atoms with Crippen molar-refractivity contribution in [1.29, 1.82) is 0 Å². The highest BCUT2D eigenvalue weighted by Crippen LogP contribution is 2.25. The van der Waals surface area contributed by atoms with E-state index >= 15 is 0 Å². The van der Waals surface area contributed by atoms with E-state index in [9.17, 15) is 14.7 Å². The number of amides is 1. The standard InChI is InChI=1S/C8H9NO3.C8H7NO2/c1-6-2-3-8(7(11)4-6)12-9-5-10;1-5-2-3-6-7(4-5)11-9-8(6)10/h2-5,11H,1H3,(H,9,10);2-4H,1H3,(H,9,10). The van der Waals surface area contributed by atoms with E-state index in [-0.39, 0.29) is 17.1 Å². The van der Waals surface area contributed by atoms with Gasteiger partial charge in [0, 0.05) is 0 Å². The first-order valence-corrected chi connectivity index (χ1v) is 6.74. The number of hydrogen-bond acceptors (Lipinski definition) is 5. The Balaban J connectivity index is 0.000000167. The minimum Gasteiger partial charge on any atom is -0.504 e. The summed E-state index contributed by atoms with van der Waals surface area (Å²) in [6, 6.07) is 10.3. The van der Waals surface area contributed by atoms with Crippen molar-refractivity contribution < 1.29 is 19.3 Å². The molecule has 7 heteroatoms. The zero-order valence-electron chi connectivity index (χ0n) is 12.6. The number of aromatic hydroxyl groups is 1. The summed E-state index contributed by atoms with van der Waals surface area (Å²) in [5.41, 5.74) is 4.44. The molecular formula is C16H16N2O5. The lowest BCUT2D eigenvalue weighted by atomic mass is 10.2. The summed E-state index contributed by atoms with van der Waals surface area (Å²) in [6.07, 6.45) is 0.388. The maximum absolute atomic E-state index is 10.9. The summed E-state index contributed by atoms with van der Waals surface area (Å²) in [6.45, 7) is 3.79. The lowest BCUT2D eigenvalue weighted by Gasteiger charge is -2.04. The molecule has 0 radical (unpaired) electrons. The van der Waals surface area contributed by atoms with E-state index in [4.69, 9.17) is 4.52 Å². The van der Waals surface area contributed by atoms with Gasteiger partial charge in [-0.05, 0) is 49.2 Å². The SMILES string of the molecule is Cc1ccc(ONC=O)c(O)c1.Cc1ccc2c(=O)[nH]oc2c1. The number of phenols is 1. The quantitative estimate of drug-likeness (QED) is 0.507. The van der Waals surface area contributed by atoms with Gasteiger partial charge in [-0.15, -0.1) is 0 Å². The molecule has 3 aromatic rings. The molecule has 1 heterocycles. The Morgan fingerprint density at radius 2 is 1.87 bits per heavy atom. The monoisotopic (exact) mass is 316 g/mol. The average molecular weight is 316 g/mol. The van der Waals surface area contributed by atoms with Crippen molar-refractivity contribution in [1.82, 2.24) is 10.6 Å². The Kier molecular flexibility index (Phi) is 5.03. The minimum atomic E-state index is -0.167. The smallest absolute Gasteiger partial charge is 0.287 e. The second kappa shape index (κ2) is 7.17. The maximum atomic E-state index is 10.9. The van der Waals surface area contributed by atoms with Crippen LogP contribution in [-0.4, -0.2) is 16.7 Å². The summed E-state index contributed by atoms with van der Waals surface area (Å²) in [5, 5.41) is 12.1. The zero-order chi connectivity index (χ0) is 16.8. The fraction of sp³-hybridized carbons (Fsp3) is 0.125. The molecule has 0 saturated carbocycles. The van der Waals surface area contributed by atoms with Crippen LogP contribution in [-0.2, 0) is 4.79 Å². The van der Waals surface area contributed by atoms with E-state index in [1.807, 2.05) is 31.5 Å². The molecule has 0 aliphatic heterocycles. The van der Waals surface area contributed by atoms with Gasteiger partial charge in [0.05, 0.1) is 5.39 Å². The molecule has 0 aliphatic carbocycles. The third kappa shape index (κ3) is 4.13. The number of hydrogen-bond donors (Lipinski definition) is 3. The molecule has 0 spiro atoms. The number of hydroxylamine groups is 1. The molecule has 0 aliphatic rings. The molecule has 0 bridgehead atoms. The third-order valence-corrected chi connectivity index (χ3v) is 2.97. The molecule has 3 N–H and O–H groups in total. The van der Waals surface area contributed by atoms with Crippen molar-refractivity contribution in [2.45, 2.75) is 13.8 Å². The number of carbonyl (C=O) groups excluding carboxylic acids is 1. The summed E-state index contributed by atoms with van der Waals surface area (Å²) >= 11 is 0. The van der Waals surface area contributed by atoms with Gasteiger partial charge in [0.2, 0.25) is 6.41 Å². The Labute approximate surface area is 131 Å². The lowest BCUT2D eigenvalue weighted by Crippen LogP contribution is -2.15. The first-order chi connectivity index (χ1) is 11.0. The van der Waals surface area contributed by atoms with Crippen molar-refractivity contribution in [3.05, 3.63) is 57.9 Å². The Morgan fingerprint density at radius 3 is 2.57 bits per heavy atom. The van der Waals surface area contributed by atoms with Crippen LogP contribution in [0.1, 0.15) is 11.1 Å². The molecule has 1 aromatic heterocycles. The van der Waals surface area contributed by atoms with Gasteiger partial charge in [0.15, 0.2) is 17.1 Å². The van der Waals surface area contributed by atoms with Crippen LogP contribution in [0.4, 0.5) is 0 Å². The van der Waals surface area contributed by atoms with Crippen LogP contribution in [0.25, 0.3) is 11.0 Å². The first-order valence-electron chi connectivity index (χ1n) is 6.74. The van der Waals surface area contributed by atoms with Gasteiger partial charge in [-0.25, -0.2) is 0 Å². The van der Waals surface area contributed by atoms with E-state index < -0.39 is 0 Å². The predicted molar refractivity (Wildman–Crippen MR) is 84.2 cm³/mol. The number of carbonyl (C=O) groups is 1. The van der Waals surface area contributed by atoms with E-state index in [2.05, 4.69) is 9.99 Å². The number of nitrogens with one attached hydrogen (secondary N) is 2. The van der Waals surface area contributed by atoms with E-state index in [1.165, 1.54) is 0 Å². The van der Waals surface area contributed by atoms with Crippen LogP contribution in [0.2, 0.25) is 0 Å². The summed E-state index contributed by atoms with van der Waals surface area (Å²) in [5.74, 6) is 0.233. The number of benzene rings is 2. The topological polar surface area (TPSA) is 105 Å². The lowest BCUT2D eigenvalue weighted by molar-refractivity contribution is -0.115. The van der Waals surface area contributed by atoms with Gasteiger partial charge in [-0.1, -0.05) is 12.1 Å². The molecule has 120 valence electrons. The average Bonchev–Trinajstić information content (AvgIpc) is 2.88. The van der Waals surface area contributed by atoms with Gasteiger partial charge < -0.3 is 14.5 Å². The highest BCUT2D eigenvalue weighted by atomic mass is 16.7. The van der Waals surface area contributed by atoms with Gasteiger partial charge >= 0.3 is 0 Å². The number of rotatable bonds is 3. The fourth-order valence-electron chi connectivity index (χ4n) is 1.86. The highest BCUT2D eigenvalue weighted by molar-refractivity contribution is 5.76. The van der Waals surface area contributed by atoms with Crippen LogP contribution < -0.4 is 15.9 Å². The van der Waals surface area contributed by atoms with Crippen molar-refractivity contribution in [2.24, 2.45) is 0 Å². The van der Waals surface area contributed by atoms with Crippen LogP contribution in [0.3, 0.4) is 0 Å². The van der Waals surface area contributed by atoms with Crippen LogP contribution in [0.5, 0.6) is 11.5 Å².